The molecule has 0 atom stereocenters. The third-order valence-electron chi connectivity index (χ3n) is 4.93. The molecule has 0 aliphatic carbocycles. The number of nitrogens with one attached hydrogen (secondary N) is 1. The third kappa shape index (κ3) is 3.81. The van der Waals surface area contributed by atoms with Gasteiger partial charge < -0.3 is 14.1 Å². The second kappa shape index (κ2) is 7.81. The zero-order chi connectivity index (χ0) is 20.5. The van der Waals surface area contributed by atoms with E-state index < -0.39 is 11.8 Å². The lowest BCUT2D eigenvalue weighted by molar-refractivity contribution is -0.122. The van der Waals surface area contributed by atoms with Crippen LogP contribution in [0.3, 0.4) is 0 Å². The Morgan fingerprint density at radius 2 is 1.86 bits per heavy atom. The summed E-state index contributed by atoms with van der Waals surface area (Å²) in [5, 5.41) is 2.67. The first-order valence-electron chi connectivity index (χ1n) is 9.35. The molecule has 2 aromatic rings. The molecule has 3 heterocycles. The molecule has 0 spiro atoms. The molecule has 2 saturated heterocycles. The normalized spacial score (nSPS) is 19.1. The average molecular weight is 411 g/mol. The quantitative estimate of drug-likeness (QED) is 0.475. The highest BCUT2D eigenvalue weighted by Gasteiger charge is 2.35. The van der Waals surface area contributed by atoms with Crippen molar-refractivity contribution in [2.75, 3.05) is 36.1 Å². The molecule has 0 radical (unpaired) electrons. The van der Waals surface area contributed by atoms with Crippen LogP contribution in [-0.4, -0.2) is 43.2 Å². The fraction of sp³-hybridized carbons (Fsp3) is 0.286. The molecule has 2 aliphatic heterocycles. The summed E-state index contributed by atoms with van der Waals surface area (Å²) in [5.74, 6) is 0.104. The van der Waals surface area contributed by atoms with Gasteiger partial charge in [0, 0.05) is 19.2 Å². The standard InChI is InChI=1S/C21H21N3O4S/c1-13-3-4-14(2)17(11-13)24-20(26)16(19(25)22-21(24)29)12-15-5-6-18(28-15)23-7-9-27-10-8-23/h3-6,11-12H,7-10H2,1-2H3,(H,22,25,29)/b16-12+. The second-order valence-corrected chi connectivity index (χ2v) is 7.41. The number of rotatable bonds is 3. The number of thiocarbonyl (C=S) groups is 1. The summed E-state index contributed by atoms with van der Waals surface area (Å²) < 4.78 is 11.2. The van der Waals surface area contributed by atoms with E-state index >= 15 is 0 Å². The maximum absolute atomic E-state index is 13.2. The number of carbonyl (C=O) groups is 2. The van der Waals surface area contributed by atoms with E-state index in [1.54, 1.807) is 6.07 Å². The van der Waals surface area contributed by atoms with Crippen LogP contribution in [0.15, 0.2) is 40.3 Å². The molecule has 7 nitrogen and oxygen atoms in total. The summed E-state index contributed by atoms with van der Waals surface area (Å²) in [6.45, 7) is 6.58. The molecule has 1 aromatic carbocycles. The number of aryl methyl sites for hydroxylation is 2. The molecule has 8 heteroatoms. The van der Waals surface area contributed by atoms with Gasteiger partial charge in [-0.25, -0.2) is 0 Å². The summed E-state index contributed by atoms with van der Waals surface area (Å²) in [4.78, 5) is 29.1. The van der Waals surface area contributed by atoms with Gasteiger partial charge in [-0.3, -0.25) is 19.8 Å². The highest BCUT2D eigenvalue weighted by molar-refractivity contribution is 7.80. The molecule has 4 rings (SSSR count). The molecular weight excluding hydrogens is 390 g/mol. The fourth-order valence-corrected chi connectivity index (χ4v) is 3.63. The Labute approximate surface area is 173 Å². The number of amides is 2. The van der Waals surface area contributed by atoms with E-state index in [4.69, 9.17) is 21.4 Å². The highest BCUT2D eigenvalue weighted by atomic mass is 32.1. The van der Waals surface area contributed by atoms with Crippen molar-refractivity contribution in [2.24, 2.45) is 0 Å². The number of morpholine rings is 1. The Kier molecular flexibility index (Phi) is 5.21. The van der Waals surface area contributed by atoms with Crippen LogP contribution in [0.25, 0.3) is 6.08 Å². The summed E-state index contributed by atoms with van der Waals surface area (Å²) >= 11 is 5.28. The van der Waals surface area contributed by atoms with Crippen molar-refractivity contribution in [3.05, 3.63) is 52.8 Å². The third-order valence-corrected chi connectivity index (χ3v) is 5.21. The Balaban J connectivity index is 1.65. The number of furan rings is 1. The lowest BCUT2D eigenvalue weighted by atomic mass is 10.1. The van der Waals surface area contributed by atoms with Gasteiger partial charge in [0.05, 0.1) is 18.9 Å². The van der Waals surface area contributed by atoms with Gasteiger partial charge in [-0.05, 0) is 55.4 Å². The van der Waals surface area contributed by atoms with E-state index in [-0.39, 0.29) is 10.7 Å². The largest absolute Gasteiger partial charge is 0.441 e. The van der Waals surface area contributed by atoms with Gasteiger partial charge in [-0.1, -0.05) is 12.1 Å². The summed E-state index contributed by atoms with van der Waals surface area (Å²) in [6, 6.07) is 9.32. The average Bonchev–Trinajstić information content (AvgIpc) is 3.17. The van der Waals surface area contributed by atoms with Crippen molar-refractivity contribution in [2.45, 2.75) is 13.8 Å². The van der Waals surface area contributed by atoms with Crippen LogP contribution < -0.4 is 15.1 Å². The van der Waals surface area contributed by atoms with Gasteiger partial charge in [0.2, 0.25) is 0 Å². The monoisotopic (exact) mass is 411 g/mol. The molecule has 0 unspecified atom stereocenters. The van der Waals surface area contributed by atoms with Gasteiger partial charge in [0.25, 0.3) is 11.8 Å². The fourth-order valence-electron chi connectivity index (χ4n) is 3.35. The van der Waals surface area contributed by atoms with Gasteiger partial charge in [-0.2, -0.15) is 0 Å². The first-order valence-corrected chi connectivity index (χ1v) is 9.76. The van der Waals surface area contributed by atoms with Crippen molar-refractivity contribution in [3.63, 3.8) is 0 Å². The first-order chi connectivity index (χ1) is 13.9. The second-order valence-electron chi connectivity index (χ2n) is 7.02. The minimum Gasteiger partial charge on any atom is -0.441 e. The van der Waals surface area contributed by atoms with Crippen molar-refractivity contribution < 1.29 is 18.7 Å². The van der Waals surface area contributed by atoms with Crippen molar-refractivity contribution in [1.29, 1.82) is 0 Å². The lowest BCUT2D eigenvalue weighted by Crippen LogP contribution is -2.54. The van der Waals surface area contributed by atoms with E-state index in [2.05, 4.69) is 10.2 Å². The number of anilines is 2. The van der Waals surface area contributed by atoms with Gasteiger partial charge in [-0.15, -0.1) is 0 Å². The number of carbonyl (C=O) groups excluding carboxylic acids is 2. The molecule has 2 fully saturated rings. The van der Waals surface area contributed by atoms with E-state index in [0.717, 1.165) is 24.2 Å². The highest BCUT2D eigenvalue weighted by Crippen LogP contribution is 2.27. The molecule has 2 aliphatic rings. The summed E-state index contributed by atoms with van der Waals surface area (Å²) in [7, 11) is 0. The molecule has 29 heavy (non-hydrogen) atoms. The minimum atomic E-state index is -0.536. The zero-order valence-corrected chi connectivity index (χ0v) is 17.0. The van der Waals surface area contributed by atoms with Gasteiger partial charge in [0.1, 0.15) is 11.3 Å². The van der Waals surface area contributed by atoms with Crippen LogP contribution in [0.4, 0.5) is 11.6 Å². The molecule has 1 aromatic heterocycles. The number of benzene rings is 1. The number of ether oxygens (including phenoxy) is 1. The number of hydrogen-bond donors (Lipinski definition) is 1. The summed E-state index contributed by atoms with van der Waals surface area (Å²) in [5.41, 5.74) is 2.50. The van der Waals surface area contributed by atoms with Crippen LogP contribution >= 0.6 is 12.2 Å². The van der Waals surface area contributed by atoms with E-state index in [1.165, 1.54) is 11.0 Å². The summed E-state index contributed by atoms with van der Waals surface area (Å²) in [6.07, 6.45) is 1.46. The van der Waals surface area contributed by atoms with Crippen LogP contribution in [0.1, 0.15) is 16.9 Å². The maximum atomic E-state index is 13.2. The number of nitrogens with zero attached hydrogens (tertiary/aromatic N) is 2. The molecule has 0 bridgehead atoms. The molecule has 1 N–H and O–H groups in total. The van der Waals surface area contributed by atoms with Gasteiger partial charge in [0.15, 0.2) is 11.0 Å². The van der Waals surface area contributed by atoms with Crippen molar-refractivity contribution in [3.8, 4) is 0 Å². The van der Waals surface area contributed by atoms with E-state index in [0.29, 0.717) is 30.5 Å². The molecule has 150 valence electrons. The minimum absolute atomic E-state index is 0.0256. The van der Waals surface area contributed by atoms with E-state index in [9.17, 15) is 9.59 Å². The van der Waals surface area contributed by atoms with Crippen molar-refractivity contribution in [1.82, 2.24) is 5.32 Å². The first kappa shape index (κ1) is 19.4. The van der Waals surface area contributed by atoms with Crippen molar-refractivity contribution >= 4 is 46.8 Å². The smallest absolute Gasteiger partial charge is 0.270 e. The topological polar surface area (TPSA) is 75.0 Å². The predicted molar refractivity (Wildman–Crippen MR) is 114 cm³/mol. The molecule has 0 saturated carbocycles. The Bertz CT molecular complexity index is 1020. The molecular formula is C21H21N3O4S. The maximum Gasteiger partial charge on any atom is 0.270 e. The Morgan fingerprint density at radius 1 is 1.10 bits per heavy atom. The van der Waals surface area contributed by atoms with Gasteiger partial charge >= 0.3 is 0 Å². The van der Waals surface area contributed by atoms with Crippen LogP contribution in [0, 0.1) is 13.8 Å². The number of hydrogen-bond acceptors (Lipinski definition) is 6. The Hall–Kier alpha value is -2.97. The van der Waals surface area contributed by atoms with Crippen LogP contribution in [-0.2, 0) is 14.3 Å². The SMILES string of the molecule is Cc1ccc(C)c(N2C(=O)/C(=C/c3ccc(N4CCOCC4)o3)C(=O)NC2=S)c1. The zero-order valence-electron chi connectivity index (χ0n) is 16.2. The predicted octanol–water partition coefficient (Wildman–Crippen LogP) is 2.56. The lowest BCUT2D eigenvalue weighted by Gasteiger charge is -2.30. The van der Waals surface area contributed by atoms with Crippen LogP contribution in [0.5, 0.6) is 0 Å². The van der Waals surface area contributed by atoms with E-state index in [1.807, 2.05) is 38.1 Å². The Morgan fingerprint density at radius 3 is 2.62 bits per heavy atom. The molecule has 2 amide bonds. The van der Waals surface area contributed by atoms with Crippen LogP contribution in [0.2, 0.25) is 0 Å².